The molecule has 1 aromatic rings. The van der Waals surface area contributed by atoms with Gasteiger partial charge < -0.3 is 10.1 Å². The number of ether oxygens (including phenoxy) is 1. The number of aryl methyl sites for hydroxylation is 1. The summed E-state index contributed by atoms with van der Waals surface area (Å²) in [5.41, 5.74) is 1.27. The van der Waals surface area contributed by atoms with E-state index in [-0.39, 0.29) is 5.60 Å². The van der Waals surface area contributed by atoms with Crippen molar-refractivity contribution in [3.05, 3.63) is 18.0 Å². The molecule has 0 saturated carbocycles. The third kappa shape index (κ3) is 1.55. The molecule has 0 spiro atoms. The van der Waals surface area contributed by atoms with Gasteiger partial charge >= 0.3 is 0 Å². The second-order valence-electron chi connectivity index (χ2n) is 3.81. The van der Waals surface area contributed by atoms with E-state index in [1.165, 1.54) is 5.69 Å². The largest absolute Gasteiger partial charge is 0.375 e. The molecule has 78 valence electrons. The van der Waals surface area contributed by atoms with Gasteiger partial charge in [-0.3, -0.25) is 4.68 Å². The predicted molar refractivity (Wildman–Crippen MR) is 54.2 cm³/mol. The monoisotopic (exact) mass is 195 g/mol. The van der Waals surface area contributed by atoms with Gasteiger partial charge in [-0.05, 0) is 13.0 Å². The van der Waals surface area contributed by atoms with Gasteiger partial charge in [0.05, 0.1) is 5.60 Å². The highest BCUT2D eigenvalue weighted by atomic mass is 16.5. The molecule has 0 aromatic carbocycles. The maximum atomic E-state index is 5.54. The standard InChI is InChI=1S/C10H17N3O/c1-3-13-9(4-5-12-13)6-10(14-2)7-11-8-10/h4-5,11H,3,6-8H2,1-2H3. The van der Waals surface area contributed by atoms with Crippen LogP contribution in [0.1, 0.15) is 12.6 Å². The number of rotatable bonds is 4. The normalized spacial score (nSPS) is 19.3. The first-order valence-corrected chi connectivity index (χ1v) is 5.06. The maximum Gasteiger partial charge on any atom is 0.0980 e. The van der Waals surface area contributed by atoms with Crippen LogP contribution in [0.5, 0.6) is 0 Å². The summed E-state index contributed by atoms with van der Waals surface area (Å²) < 4.78 is 7.57. The van der Waals surface area contributed by atoms with Crippen molar-refractivity contribution in [2.45, 2.75) is 25.5 Å². The van der Waals surface area contributed by atoms with Crippen molar-refractivity contribution in [2.24, 2.45) is 0 Å². The molecule has 0 bridgehead atoms. The van der Waals surface area contributed by atoms with Gasteiger partial charge in [-0.15, -0.1) is 0 Å². The molecule has 2 heterocycles. The maximum absolute atomic E-state index is 5.54. The summed E-state index contributed by atoms with van der Waals surface area (Å²) in [7, 11) is 1.79. The van der Waals surface area contributed by atoms with E-state index in [0.29, 0.717) is 0 Å². The summed E-state index contributed by atoms with van der Waals surface area (Å²) in [4.78, 5) is 0. The minimum absolute atomic E-state index is 0.00690. The minimum atomic E-state index is 0.00690. The van der Waals surface area contributed by atoms with E-state index in [2.05, 4.69) is 23.4 Å². The smallest absolute Gasteiger partial charge is 0.0980 e. The van der Waals surface area contributed by atoms with Gasteiger partial charge in [-0.1, -0.05) is 0 Å². The lowest BCUT2D eigenvalue weighted by molar-refractivity contribution is -0.0515. The van der Waals surface area contributed by atoms with E-state index in [1.807, 2.05) is 10.9 Å². The van der Waals surface area contributed by atoms with Crippen molar-refractivity contribution in [2.75, 3.05) is 20.2 Å². The molecule has 1 aliphatic heterocycles. The van der Waals surface area contributed by atoms with Crippen LogP contribution in [0.15, 0.2) is 12.3 Å². The Balaban J connectivity index is 2.09. The number of hydrogen-bond donors (Lipinski definition) is 1. The van der Waals surface area contributed by atoms with Crippen LogP contribution in [-0.2, 0) is 17.7 Å². The molecule has 2 rings (SSSR count). The fraction of sp³-hybridized carbons (Fsp3) is 0.700. The highest BCUT2D eigenvalue weighted by Crippen LogP contribution is 2.21. The molecule has 1 N–H and O–H groups in total. The van der Waals surface area contributed by atoms with Crippen LogP contribution in [0.4, 0.5) is 0 Å². The molecule has 4 heteroatoms. The third-order valence-corrected chi connectivity index (χ3v) is 2.93. The Morgan fingerprint density at radius 3 is 2.93 bits per heavy atom. The summed E-state index contributed by atoms with van der Waals surface area (Å²) in [6.45, 7) is 4.92. The SMILES string of the molecule is CCn1nccc1CC1(OC)CNC1. The molecule has 0 aliphatic carbocycles. The van der Waals surface area contributed by atoms with Gasteiger partial charge in [0.25, 0.3) is 0 Å². The van der Waals surface area contributed by atoms with Crippen LogP contribution in [-0.4, -0.2) is 35.6 Å². The van der Waals surface area contributed by atoms with Crippen molar-refractivity contribution >= 4 is 0 Å². The number of methoxy groups -OCH3 is 1. The van der Waals surface area contributed by atoms with Gasteiger partial charge in [-0.2, -0.15) is 5.10 Å². The van der Waals surface area contributed by atoms with E-state index in [1.54, 1.807) is 7.11 Å². The molecule has 4 nitrogen and oxygen atoms in total. The molecular formula is C10H17N3O. The average molecular weight is 195 g/mol. The van der Waals surface area contributed by atoms with Crippen molar-refractivity contribution in [1.29, 1.82) is 0 Å². The molecule has 0 atom stereocenters. The van der Waals surface area contributed by atoms with Crippen LogP contribution in [0.2, 0.25) is 0 Å². The van der Waals surface area contributed by atoms with Crippen LogP contribution in [0.3, 0.4) is 0 Å². The summed E-state index contributed by atoms with van der Waals surface area (Å²) in [6.07, 6.45) is 2.80. The van der Waals surface area contributed by atoms with Crippen molar-refractivity contribution in [3.8, 4) is 0 Å². The lowest BCUT2D eigenvalue weighted by Crippen LogP contribution is -2.62. The fourth-order valence-electron chi connectivity index (χ4n) is 1.87. The van der Waals surface area contributed by atoms with Crippen molar-refractivity contribution in [3.63, 3.8) is 0 Å². The van der Waals surface area contributed by atoms with Crippen LogP contribution in [0.25, 0.3) is 0 Å². The minimum Gasteiger partial charge on any atom is -0.375 e. The van der Waals surface area contributed by atoms with Crippen LogP contribution in [0, 0.1) is 0 Å². The van der Waals surface area contributed by atoms with Gasteiger partial charge in [0.15, 0.2) is 0 Å². The number of nitrogens with one attached hydrogen (secondary N) is 1. The van der Waals surface area contributed by atoms with Gasteiger partial charge in [0, 0.05) is 45.1 Å². The van der Waals surface area contributed by atoms with Crippen molar-refractivity contribution < 1.29 is 4.74 Å². The first kappa shape index (κ1) is 9.68. The Labute approximate surface area is 84.3 Å². The first-order chi connectivity index (χ1) is 6.79. The molecule has 1 aliphatic rings. The summed E-state index contributed by atoms with van der Waals surface area (Å²) in [6, 6.07) is 2.07. The summed E-state index contributed by atoms with van der Waals surface area (Å²) >= 11 is 0. The lowest BCUT2D eigenvalue weighted by Gasteiger charge is -2.41. The quantitative estimate of drug-likeness (QED) is 0.757. The Hall–Kier alpha value is -0.870. The summed E-state index contributed by atoms with van der Waals surface area (Å²) in [5, 5.41) is 7.50. The van der Waals surface area contributed by atoms with E-state index in [0.717, 1.165) is 26.1 Å². The van der Waals surface area contributed by atoms with Crippen LogP contribution >= 0.6 is 0 Å². The van der Waals surface area contributed by atoms with Crippen molar-refractivity contribution in [1.82, 2.24) is 15.1 Å². The number of aromatic nitrogens is 2. The van der Waals surface area contributed by atoms with Crippen LogP contribution < -0.4 is 5.32 Å². The summed E-state index contributed by atoms with van der Waals surface area (Å²) in [5.74, 6) is 0. The van der Waals surface area contributed by atoms with Gasteiger partial charge in [0.1, 0.15) is 0 Å². The van der Waals surface area contributed by atoms with Gasteiger partial charge in [0.2, 0.25) is 0 Å². The Morgan fingerprint density at radius 1 is 1.64 bits per heavy atom. The molecule has 0 radical (unpaired) electrons. The Morgan fingerprint density at radius 2 is 2.43 bits per heavy atom. The molecule has 0 unspecified atom stereocenters. The molecule has 1 saturated heterocycles. The average Bonchev–Trinajstić information content (AvgIpc) is 2.58. The molecule has 1 fully saturated rings. The number of nitrogens with zero attached hydrogens (tertiary/aromatic N) is 2. The highest BCUT2D eigenvalue weighted by Gasteiger charge is 2.37. The van der Waals surface area contributed by atoms with E-state index in [9.17, 15) is 0 Å². The molecule has 14 heavy (non-hydrogen) atoms. The molecular weight excluding hydrogens is 178 g/mol. The second-order valence-corrected chi connectivity index (χ2v) is 3.81. The van der Waals surface area contributed by atoms with E-state index in [4.69, 9.17) is 4.74 Å². The van der Waals surface area contributed by atoms with Gasteiger partial charge in [-0.25, -0.2) is 0 Å². The third-order valence-electron chi connectivity index (χ3n) is 2.93. The Bertz CT molecular complexity index is 299. The topological polar surface area (TPSA) is 39.1 Å². The second kappa shape index (κ2) is 3.71. The molecule has 1 aromatic heterocycles. The zero-order valence-corrected chi connectivity index (χ0v) is 8.79. The Kier molecular flexibility index (Phi) is 2.56. The zero-order chi connectivity index (χ0) is 10.0. The van der Waals surface area contributed by atoms with E-state index < -0.39 is 0 Å². The fourth-order valence-corrected chi connectivity index (χ4v) is 1.87. The number of hydrogen-bond acceptors (Lipinski definition) is 3. The van der Waals surface area contributed by atoms with E-state index >= 15 is 0 Å². The predicted octanol–water partition coefficient (Wildman–Crippen LogP) is 0.434. The first-order valence-electron chi connectivity index (χ1n) is 5.06. The molecule has 0 amide bonds. The zero-order valence-electron chi connectivity index (χ0n) is 8.79. The highest BCUT2D eigenvalue weighted by molar-refractivity contribution is 5.10. The lowest BCUT2D eigenvalue weighted by atomic mass is 9.91.